The van der Waals surface area contributed by atoms with Gasteiger partial charge in [0.05, 0.1) is 12.0 Å². The number of thiophene rings is 1. The summed E-state index contributed by atoms with van der Waals surface area (Å²) < 4.78 is 16.7. The van der Waals surface area contributed by atoms with Crippen molar-refractivity contribution in [2.75, 3.05) is 7.11 Å². The zero-order chi connectivity index (χ0) is 18.6. The summed E-state index contributed by atoms with van der Waals surface area (Å²) >= 11 is 7.47. The third-order valence-corrected chi connectivity index (χ3v) is 5.02. The highest BCUT2D eigenvalue weighted by atomic mass is 35.5. The van der Waals surface area contributed by atoms with E-state index in [1.807, 2.05) is 47.8 Å². The lowest BCUT2D eigenvalue weighted by Gasteiger charge is -2.11. The molecule has 0 atom stereocenters. The molecule has 0 radical (unpaired) electrons. The van der Waals surface area contributed by atoms with Crippen LogP contribution in [0.15, 0.2) is 64.5 Å². The SMILES string of the molecule is COc1ccc(-c2nc(-c3cccs3)no2)cc1COc1ccc(Cl)cc1. The summed E-state index contributed by atoms with van der Waals surface area (Å²) in [5.74, 6) is 2.49. The molecule has 4 rings (SSSR count). The Morgan fingerprint density at radius 1 is 1.11 bits per heavy atom. The lowest BCUT2D eigenvalue weighted by Crippen LogP contribution is -1.99. The van der Waals surface area contributed by atoms with E-state index in [4.69, 9.17) is 25.6 Å². The van der Waals surface area contributed by atoms with Crippen LogP contribution >= 0.6 is 22.9 Å². The van der Waals surface area contributed by atoms with Crippen LogP contribution < -0.4 is 9.47 Å². The van der Waals surface area contributed by atoms with E-state index in [1.165, 1.54) is 0 Å². The average molecular weight is 399 g/mol. The number of rotatable bonds is 6. The zero-order valence-corrected chi connectivity index (χ0v) is 16.0. The van der Waals surface area contributed by atoms with Gasteiger partial charge in [0, 0.05) is 16.1 Å². The highest BCUT2D eigenvalue weighted by Gasteiger charge is 2.14. The van der Waals surface area contributed by atoms with Crippen molar-refractivity contribution in [1.29, 1.82) is 0 Å². The van der Waals surface area contributed by atoms with Crippen LogP contribution in [0.2, 0.25) is 5.02 Å². The molecule has 2 aromatic heterocycles. The largest absolute Gasteiger partial charge is 0.496 e. The van der Waals surface area contributed by atoms with Crippen LogP contribution in [0.25, 0.3) is 22.2 Å². The van der Waals surface area contributed by atoms with Gasteiger partial charge in [-0.25, -0.2) is 0 Å². The van der Waals surface area contributed by atoms with E-state index >= 15 is 0 Å². The smallest absolute Gasteiger partial charge is 0.258 e. The molecule has 5 nitrogen and oxygen atoms in total. The average Bonchev–Trinajstić information content (AvgIpc) is 3.39. The van der Waals surface area contributed by atoms with E-state index in [1.54, 1.807) is 30.6 Å². The summed E-state index contributed by atoms with van der Waals surface area (Å²) in [5, 5.41) is 6.70. The van der Waals surface area contributed by atoms with Crippen LogP contribution in [0.5, 0.6) is 11.5 Å². The maximum atomic E-state index is 5.91. The topological polar surface area (TPSA) is 57.4 Å². The quantitative estimate of drug-likeness (QED) is 0.416. The molecular formula is C20H15ClN2O3S. The third-order valence-electron chi connectivity index (χ3n) is 3.90. The van der Waals surface area contributed by atoms with E-state index in [9.17, 15) is 0 Å². The number of hydrogen-bond donors (Lipinski definition) is 0. The minimum absolute atomic E-state index is 0.338. The number of nitrogens with zero attached hydrogens (tertiary/aromatic N) is 2. The summed E-state index contributed by atoms with van der Waals surface area (Å²) in [6.45, 7) is 0.338. The zero-order valence-electron chi connectivity index (χ0n) is 14.4. The first-order chi connectivity index (χ1) is 13.2. The second kappa shape index (κ2) is 7.82. The van der Waals surface area contributed by atoms with Crippen LogP contribution in [0.4, 0.5) is 0 Å². The molecule has 0 aliphatic heterocycles. The molecule has 0 saturated carbocycles. The highest BCUT2D eigenvalue weighted by Crippen LogP contribution is 2.29. The summed E-state index contributed by atoms with van der Waals surface area (Å²) in [4.78, 5) is 5.45. The number of aromatic nitrogens is 2. The van der Waals surface area contributed by atoms with Gasteiger partial charge in [-0.2, -0.15) is 4.98 Å². The van der Waals surface area contributed by atoms with Crippen LogP contribution in [-0.2, 0) is 6.61 Å². The number of ether oxygens (including phenoxy) is 2. The fourth-order valence-electron chi connectivity index (χ4n) is 2.56. The first kappa shape index (κ1) is 17.6. The predicted octanol–water partition coefficient (Wildman–Crippen LogP) is 5.71. The van der Waals surface area contributed by atoms with E-state index in [0.717, 1.165) is 27.5 Å². The van der Waals surface area contributed by atoms with Gasteiger partial charge in [-0.15, -0.1) is 11.3 Å². The molecule has 4 aromatic rings. The van der Waals surface area contributed by atoms with Gasteiger partial charge >= 0.3 is 0 Å². The Labute approximate surface area is 165 Å². The second-order valence-electron chi connectivity index (χ2n) is 5.67. The Kier molecular flexibility index (Phi) is 5.09. The van der Waals surface area contributed by atoms with Gasteiger partial charge in [0.2, 0.25) is 5.82 Å². The Balaban J connectivity index is 1.58. The molecular weight excluding hydrogens is 384 g/mol. The van der Waals surface area contributed by atoms with E-state index in [0.29, 0.717) is 23.3 Å². The molecule has 27 heavy (non-hydrogen) atoms. The van der Waals surface area contributed by atoms with Crippen molar-refractivity contribution in [1.82, 2.24) is 10.1 Å². The molecule has 2 heterocycles. The molecule has 0 N–H and O–H groups in total. The molecule has 0 spiro atoms. The Morgan fingerprint density at radius 2 is 1.96 bits per heavy atom. The minimum atomic E-state index is 0.338. The van der Waals surface area contributed by atoms with Gasteiger partial charge in [0.15, 0.2) is 0 Å². The second-order valence-corrected chi connectivity index (χ2v) is 7.05. The van der Waals surface area contributed by atoms with Crippen molar-refractivity contribution >= 4 is 22.9 Å². The van der Waals surface area contributed by atoms with E-state index in [-0.39, 0.29) is 0 Å². The third kappa shape index (κ3) is 3.97. The van der Waals surface area contributed by atoms with Gasteiger partial charge in [0.25, 0.3) is 5.89 Å². The summed E-state index contributed by atoms with van der Waals surface area (Å²) in [5.41, 5.74) is 1.68. The molecule has 7 heteroatoms. The fraction of sp³-hybridized carbons (Fsp3) is 0.100. The normalized spacial score (nSPS) is 10.7. The van der Waals surface area contributed by atoms with Crippen LogP contribution in [-0.4, -0.2) is 17.3 Å². The molecule has 0 unspecified atom stereocenters. The molecule has 2 aromatic carbocycles. The van der Waals surface area contributed by atoms with Gasteiger partial charge < -0.3 is 14.0 Å². The maximum Gasteiger partial charge on any atom is 0.258 e. The first-order valence-electron chi connectivity index (χ1n) is 8.16. The van der Waals surface area contributed by atoms with Crippen molar-refractivity contribution in [3.8, 4) is 33.7 Å². The number of benzene rings is 2. The summed E-state index contributed by atoms with van der Waals surface area (Å²) in [6, 6.07) is 16.8. The van der Waals surface area contributed by atoms with E-state index < -0.39 is 0 Å². The van der Waals surface area contributed by atoms with Crippen LogP contribution in [0, 0.1) is 0 Å². The van der Waals surface area contributed by atoms with Crippen molar-refractivity contribution in [2.45, 2.75) is 6.61 Å². The lowest BCUT2D eigenvalue weighted by molar-refractivity contribution is 0.296. The Morgan fingerprint density at radius 3 is 2.70 bits per heavy atom. The van der Waals surface area contributed by atoms with Gasteiger partial charge in [0.1, 0.15) is 18.1 Å². The van der Waals surface area contributed by atoms with Gasteiger partial charge in [-0.05, 0) is 53.9 Å². The monoisotopic (exact) mass is 398 g/mol. The van der Waals surface area contributed by atoms with E-state index in [2.05, 4.69) is 10.1 Å². The van der Waals surface area contributed by atoms with Crippen LogP contribution in [0.3, 0.4) is 0 Å². The summed E-state index contributed by atoms with van der Waals surface area (Å²) in [7, 11) is 1.63. The van der Waals surface area contributed by atoms with Crippen molar-refractivity contribution in [3.05, 3.63) is 70.6 Å². The fourth-order valence-corrected chi connectivity index (χ4v) is 3.34. The standard InChI is InChI=1S/C20H15ClN2O3S/c1-24-17-9-4-13(20-22-19(23-26-20)18-3-2-10-27-18)11-14(17)12-25-16-7-5-15(21)6-8-16/h2-11H,12H2,1H3. The molecule has 0 amide bonds. The summed E-state index contributed by atoms with van der Waals surface area (Å²) in [6.07, 6.45) is 0. The molecule has 0 aliphatic carbocycles. The molecule has 0 fully saturated rings. The number of hydrogen-bond acceptors (Lipinski definition) is 6. The number of halogens is 1. The Hall–Kier alpha value is -2.83. The first-order valence-corrected chi connectivity index (χ1v) is 9.42. The molecule has 0 bridgehead atoms. The molecule has 0 saturated heterocycles. The molecule has 136 valence electrons. The number of methoxy groups -OCH3 is 1. The van der Waals surface area contributed by atoms with Crippen molar-refractivity contribution in [3.63, 3.8) is 0 Å². The predicted molar refractivity (Wildman–Crippen MR) is 105 cm³/mol. The van der Waals surface area contributed by atoms with Crippen molar-refractivity contribution in [2.24, 2.45) is 0 Å². The van der Waals surface area contributed by atoms with Crippen molar-refractivity contribution < 1.29 is 14.0 Å². The maximum absolute atomic E-state index is 5.91. The Bertz CT molecular complexity index is 1030. The highest BCUT2D eigenvalue weighted by molar-refractivity contribution is 7.13. The minimum Gasteiger partial charge on any atom is -0.496 e. The molecule has 0 aliphatic rings. The van der Waals surface area contributed by atoms with Gasteiger partial charge in [-0.3, -0.25) is 0 Å². The van der Waals surface area contributed by atoms with Crippen LogP contribution in [0.1, 0.15) is 5.56 Å². The lowest BCUT2D eigenvalue weighted by atomic mass is 10.1. The van der Waals surface area contributed by atoms with Gasteiger partial charge in [-0.1, -0.05) is 22.8 Å².